The van der Waals surface area contributed by atoms with Gasteiger partial charge >= 0.3 is 5.97 Å². The third-order valence-electron chi connectivity index (χ3n) is 3.88. The summed E-state index contributed by atoms with van der Waals surface area (Å²) in [6.45, 7) is 2.39. The lowest BCUT2D eigenvalue weighted by atomic mass is 9.92. The standard InChI is InChI=1S/C15H19N3O4/c1-9-5-6-18(12(7-9)15(21)22)14(20)10-3-4-11(17-8-10)13(19)16-2/h3-4,8-9,12H,5-7H2,1-2H3,(H,16,19)(H,21,22). The second kappa shape index (κ2) is 6.55. The van der Waals surface area contributed by atoms with Crippen LogP contribution in [-0.4, -0.2) is 52.4 Å². The second-order valence-electron chi connectivity index (χ2n) is 5.49. The molecule has 0 saturated carbocycles. The third kappa shape index (κ3) is 3.24. The van der Waals surface area contributed by atoms with Crippen LogP contribution in [0.15, 0.2) is 18.3 Å². The number of carboxylic acids is 1. The van der Waals surface area contributed by atoms with Crippen molar-refractivity contribution >= 4 is 17.8 Å². The Morgan fingerprint density at radius 2 is 2.09 bits per heavy atom. The lowest BCUT2D eigenvalue weighted by Gasteiger charge is -2.36. The van der Waals surface area contributed by atoms with E-state index >= 15 is 0 Å². The zero-order valence-electron chi connectivity index (χ0n) is 12.6. The molecule has 1 aromatic rings. The zero-order valence-corrected chi connectivity index (χ0v) is 12.6. The van der Waals surface area contributed by atoms with E-state index in [2.05, 4.69) is 10.3 Å². The maximum Gasteiger partial charge on any atom is 0.326 e. The van der Waals surface area contributed by atoms with Crippen LogP contribution in [-0.2, 0) is 4.79 Å². The van der Waals surface area contributed by atoms with Crippen molar-refractivity contribution in [3.8, 4) is 0 Å². The van der Waals surface area contributed by atoms with Crippen LogP contribution in [0.3, 0.4) is 0 Å². The molecule has 1 aliphatic rings. The minimum absolute atomic E-state index is 0.209. The molecule has 2 heterocycles. The van der Waals surface area contributed by atoms with Gasteiger partial charge in [-0.2, -0.15) is 0 Å². The van der Waals surface area contributed by atoms with Crippen LogP contribution >= 0.6 is 0 Å². The lowest BCUT2D eigenvalue weighted by molar-refractivity contribution is -0.144. The number of aliphatic carboxylic acids is 1. The molecule has 2 N–H and O–H groups in total. The number of carbonyl (C=O) groups is 3. The van der Waals surface area contributed by atoms with Gasteiger partial charge in [0.15, 0.2) is 0 Å². The van der Waals surface area contributed by atoms with Crippen LogP contribution in [0.4, 0.5) is 0 Å². The summed E-state index contributed by atoms with van der Waals surface area (Å²) in [5.41, 5.74) is 0.495. The van der Waals surface area contributed by atoms with Gasteiger partial charge in [0.25, 0.3) is 11.8 Å². The monoisotopic (exact) mass is 305 g/mol. The largest absolute Gasteiger partial charge is 0.480 e. The first-order chi connectivity index (χ1) is 10.4. The number of amides is 2. The number of aromatic nitrogens is 1. The first-order valence-electron chi connectivity index (χ1n) is 7.16. The fourth-order valence-corrected chi connectivity index (χ4v) is 2.57. The summed E-state index contributed by atoms with van der Waals surface area (Å²) in [7, 11) is 1.50. The fraction of sp³-hybridized carbons (Fsp3) is 0.467. The molecule has 0 spiro atoms. The predicted octanol–water partition coefficient (Wildman–Crippen LogP) is 0.766. The quantitative estimate of drug-likeness (QED) is 0.859. The molecule has 0 aliphatic carbocycles. The first kappa shape index (κ1) is 15.9. The number of pyridine rings is 1. The highest BCUT2D eigenvalue weighted by atomic mass is 16.4. The van der Waals surface area contributed by atoms with E-state index in [0.29, 0.717) is 13.0 Å². The van der Waals surface area contributed by atoms with Crippen molar-refractivity contribution in [3.63, 3.8) is 0 Å². The predicted molar refractivity (Wildman–Crippen MR) is 78.5 cm³/mol. The Hall–Kier alpha value is -2.44. The smallest absolute Gasteiger partial charge is 0.326 e. The summed E-state index contributed by atoms with van der Waals surface area (Å²) in [5.74, 6) is -1.42. The van der Waals surface area contributed by atoms with E-state index in [1.54, 1.807) is 0 Å². The number of hydrogen-bond donors (Lipinski definition) is 2. The molecule has 2 unspecified atom stereocenters. The number of likely N-dealkylation sites (tertiary alicyclic amines) is 1. The van der Waals surface area contributed by atoms with Crippen molar-refractivity contribution in [1.29, 1.82) is 0 Å². The van der Waals surface area contributed by atoms with Crippen molar-refractivity contribution < 1.29 is 19.5 Å². The van der Waals surface area contributed by atoms with Gasteiger partial charge in [0, 0.05) is 19.8 Å². The molecule has 1 aromatic heterocycles. The Balaban J connectivity index is 2.19. The Morgan fingerprint density at radius 1 is 1.36 bits per heavy atom. The molecule has 7 heteroatoms. The van der Waals surface area contributed by atoms with Crippen LogP contribution in [0.5, 0.6) is 0 Å². The fourth-order valence-electron chi connectivity index (χ4n) is 2.57. The van der Waals surface area contributed by atoms with E-state index in [9.17, 15) is 19.5 Å². The van der Waals surface area contributed by atoms with E-state index in [0.717, 1.165) is 6.42 Å². The van der Waals surface area contributed by atoms with E-state index in [1.165, 1.54) is 30.3 Å². The first-order valence-corrected chi connectivity index (χ1v) is 7.16. The molecule has 1 aliphatic heterocycles. The number of nitrogens with zero attached hydrogens (tertiary/aromatic N) is 2. The van der Waals surface area contributed by atoms with Gasteiger partial charge in [0.05, 0.1) is 5.56 Å². The average Bonchev–Trinajstić information content (AvgIpc) is 2.53. The SMILES string of the molecule is CNC(=O)c1ccc(C(=O)N2CCC(C)CC2C(=O)O)cn1. The summed E-state index contributed by atoms with van der Waals surface area (Å²) >= 11 is 0. The topological polar surface area (TPSA) is 99.6 Å². The zero-order chi connectivity index (χ0) is 16.3. The van der Waals surface area contributed by atoms with Gasteiger partial charge in [0.1, 0.15) is 11.7 Å². The van der Waals surface area contributed by atoms with Crippen LogP contribution in [0.25, 0.3) is 0 Å². The molecule has 118 valence electrons. The molecule has 2 rings (SSSR count). The van der Waals surface area contributed by atoms with Gasteiger partial charge < -0.3 is 15.3 Å². The number of carbonyl (C=O) groups excluding carboxylic acids is 2. The minimum atomic E-state index is -0.991. The molecule has 1 saturated heterocycles. The third-order valence-corrected chi connectivity index (χ3v) is 3.88. The number of nitrogens with one attached hydrogen (secondary N) is 1. The summed E-state index contributed by atoms with van der Waals surface area (Å²) in [6, 6.07) is 2.14. The Morgan fingerprint density at radius 3 is 2.64 bits per heavy atom. The van der Waals surface area contributed by atoms with Crippen LogP contribution < -0.4 is 5.32 Å². The van der Waals surface area contributed by atoms with E-state index in [4.69, 9.17) is 0 Å². The Bertz CT molecular complexity index is 585. The van der Waals surface area contributed by atoms with Crippen molar-refractivity contribution in [2.45, 2.75) is 25.8 Å². The van der Waals surface area contributed by atoms with Gasteiger partial charge in [-0.25, -0.2) is 4.79 Å². The number of hydrogen-bond acceptors (Lipinski definition) is 4. The van der Waals surface area contributed by atoms with Crippen LogP contribution in [0, 0.1) is 5.92 Å². The Kier molecular flexibility index (Phi) is 4.75. The van der Waals surface area contributed by atoms with Crippen molar-refractivity contribution in [2.24, 2.45) is 5.92 Å². The average molecular weight is 305 g/mol. The van der Waals surface area contributed by atoms with Crippen LogP contribution in [0.2, 0.25) is 0 Å². The number of rotatable bonds is 3. The number of piperidine rings is 1. The number of carboxylic acid groups (broad SMARTS) is 1. The molecule has 0 aromatic carbocycles. The molecular weight excluding hydrogens is 286 g/mol. The van der Waals surface area contributed by atoms with Gasteiger partial charge in [-0.15, -0.1) is 0 Å². The molecule has 0 bridgehead atoms. The highest BCUT2D eigenvalue weighted by Crippen LogP contribution is 2.24. The molecule has 1 fully saturated rings. The molecule has 2 amide bonds. The van der Waals surface area contributed by atoms with Gasteiger partial charge in [0.2, 0.25) is 0 Å². The molecular formula is C15H19N3O4. The highest BCUT2D eigenvalue weighted by Gasteiger charge is 2.35. The summed E-state index contributed by atoms with van der Waals surface area (Å²) in [4.78, 5) is 40.6. The van der Waals surface area contributed by atoms with Crippen molar-refractivity contribution in [1.82, 2.24) is 15.2 Å². The molecule has 7 nitrogen and oxygen atoms in total. The summed E-state index contributed by atoms with van der Waals surface area (Å²) in [5, 5.41) is 11.8. The van der Waals surface area contributed by atoms with Gasteiger partial charge in [-0.05, 0) is 30.9 Å². The van der Waals surface area contributed by atoms with Crippen molar-refractivity contribution in [2.75, 3.05) is 13.6 Å². The normalized spacial score (nSPS) is 21.3. The summed E-state index contributed by atoms with van der Waals surface area (Å²) < 4.78 is 0. The maximum atomic E-state index is 12.5. The second-order valence-corrected chi connectivity index (χ2v) is 5.49. The molecule has 0 radical (unpaired) electrons. The maximum absolute atomic E-state index is 12.5. The van der Waals surface area contributed by atoms with E-state index < -0.39 is 12.0 Å². The summed E-state index contributed by atoms with van der Waals surface area (Å²) in [6.07, 6.45) is 2.54. The highest BCUT2D eigenvalue weighted by molar-refractivity contribution is 5.97. The Labute approximate surface area is 128 Å². The minimum Gasteiger partial charge on any atom is -0.480 e. The lowest BCUT2D eigenvalue weighted by Crippen LogP contribution is -2.49. The van der Waals surface area contributed by atoms with Gasteiger partial charge in [-0.3, -0.25) is 14.6 Å². The molecule has 2 atom stereocenters. The van der Waals surface area contributed by atoms with Crippen molar-refractivity contribution in [3.05, 3.63) is 29.6 Å². The van der Waals surface area contributed by atoms with Gasteiger partial charge in [-0.1, -0.05) is 6.92 Å². The van der Waals surface area contributed by atoms with Crippen LogP contribution in [0.1, 0.15) is 40.6 Å². The van der Waals surface area contributed by atoms with E-state index in [1.807, 2.05) is 6.92 Å². The molecule has 22 heavy (non-hydrogen) atoms. The van der Waals surface area contributed by atoms with E-state index in [-0.39, 0.29) is 29.0 Å².